The molecule has 3 nitrogen and oxygen atoms in total. The number of piperidine rings is 1. The Labute approximate surface area is 108 Å². The molecule has 1 aromatic rings. The molecule has 0 unspecified atom stereocenters. The highest BCUT2D eigenvalue weighted by atomic mass is 16.1. The Morgan fingerprint density at radius 3 is 2.56 bits per heavy atom. The molecule has 3 heteroatoms. The van der Waals surface area contributed by atoms with Crippen LogP contribution >= 0.6 is 0 Å². The molecule has 2 aliphatic rings. The van der Waals surface area contributed by atoms with E-state index in [1.54, 1.807) is 6.92 Å². The van der Waals surface area contributed by atoms with E-state index in [-0.39, 0.29) is 5.78 Å². The molecule has 3 rings (SSSR count). The number of rotatable bonds is 2. The second-order valence-electron chi connectivity index (χ2n) is 5.73. The van der Waals surface area contributed by atoms with E-state index in [0.29, 0.717) is 5.41 Å². The van der Waals surface area contributed by atoms with Gasteiger partial charge in [-0.2, -0.15) is 0 Å². The summed E-state index contributed by atoms with van der Waals surface area (Å²) in [5.74, 6) is 0.139. The molecule has 2 saturated heterocycles. The van der Waals surface area contributed by atoms with E-state index in [1.807, 2.05) is 12.1 Å². The lowest BCUT2D eigenvalue weighted by Gasteiger charge is -2.50. The van der Waals surface area contributed by atoms with Gasteiger partial charge in [0.1, 0.15) is 0 Å². The minimum Gasteiger partial charge on any atom is -0.371 e. The van der Waals surface area contributed by atoms with Crippen molar-refractivity contribution in [3.63, 3.8) is 0 Å². The van der Waals surface area contributed by atoms with Gasteiger partial charge in [0.15, 0.2) is 5.78 Å². The highest BCUT2D eigenvalue weighted by Gasteiger charge is 2.40. The van der Waals surface area contributed by atoms with E-state index in [4.69, 9.17) is 0 Å². The van der Waals surface area contributed by atoms with E-state index < -0.39 is 0 Å². The van der Waals surface area contributed by atoms with Gasteiger partial charge >= 0.3 is 0 Å². The van der Waals surface area contributed by atoms with Crippen LogP contribution < -0.4 is 10.2 Å². The fourth-order valence-electron chi connectivity index (χ4n) is 3.10. The molecule has 0 atom stereocenters. The summed E-state index contributed by atoms with van der Waals surface area (Å²) >= 11 is 0. The second-order valence-corrected chi connectivity index (χ2v) is 5.73. The molecule has 0 aliphatic carbocycles. The first kappa shape index (κ1) is 11.7. The van der Waals surface area contributed by atoms with Crippen molar-refractivity contribution in [1.82, 2.24) is 5.32 Å². The minimum absolute atomic E-state index is 0.139. The first-order valence-corrected chi connectivity index (χ1v) is 6.75. The third-order valence-electron chi connectivity index (χ3n) is 4.30. The fourth-order valence-corrected chi connectivity index (χ4v) is 3.10. The summed E-state index contributed by atoms with van der Waals surface area (Å²) in [5, 5.41) is 3.40. The van der Waals surface area contributed by atoms with Gasteiger partial charge in [0, 0.05) is 42.8 Å². The zero-order valence-electron chi connectivity index (χ0n) is 10.9. The number of benzene rings is 1. The standard InChI is InChI=1S/C15H20N2O/c1-12(18)13-3-5-14(6-4-13)17-8-2-7-15(11-17)9-16-10-15/h3-6,16H,2,7-11H2,1H3. The highest BCUT2D eigenvalue weighted by Crippen LogP contribution is 2.35. The van der Waals surface area contributed by atoms with Gasteiger partial charge in [0.05, 0.1) is 0 Å². The van der Waals surface area contributed by atoms with Crippen LogP contribution in [0.1, 0.15) is 30.1 Å². The summed E-state index contributed by atoms with van der Waals surface area (Å²) in [6.07, 6.45) is 2.62. The highest BCUT2D eigenvalue weighted by molar-refractivity contribution is 5.94. The van der Waals surface area contributed by atoms with Crippen LogP contribution in [0.5, 0.6) is 0 Å². The Hall–Kier alpha value is -1.35. The van der Waals surface area contributed by atoms with Crippen LogP contribution in [0.25, 0.3) is 0 Å². The summed E-state index contributed by atoms with van der Waals surface area (Å²) in [7, 11) is 0. The van der Waals surface area contributed by atoms with E-state index in [1.165, 1.54) is 18.5 Å². The van der Waals surface area contributed by atoms with E-state index in [2.05, 4.69) is 22.3 Å². The van der Waals surface area contributed by atoms with Crippen molar-refractivity contribution < 1.29 is 4.79 Å². The summed E-state index contributed by atoms with van der Waals surface area (Å²) in [5.41, 5.74) is 2.57. The van der Waals surface area contributed by atoms with Crippen molar-refractivity contribution in [1.29, 1.82) is 0 Å². The summed E-state index contributed by atoms with van der Waals surface area (Å²) in [6.45, 7) is 6.23. The van der Waals surface area contributed by atoms with E-state index >= 15 is 0 Å². The Morgan fingerprint density at radius 2 is 2.00 bits per heavy atom. The van der Waals surface area contributed by atoms with Gasteiger partial charge in [-0.25, -0.2) is 0 Å². The predicted molar refractivity (Wildman–Crippen MR) is 73.2 cm³/mol. The maximum atomic E-state index is 11.3. The van der Waals surface area contributed by atoms with Gasteiger partial charge in [-0.15, -0.1) is 0 Å². The molecule has 2 aliphatic heterocycles. The lowest BCUT2D eigenvalue weighted by Crippen LogP contribution is -2.61. The number of carbonyl (C=O) groups excluding carboxylic acids is 1. The smallest absolute Gasteiger partial charge is 0.159 e. The average Bonchev–Trinajstić information content (AvgIpc) is 2.37. The molecule has 0 aromatic heterocycles. The molecule has 0 saturated carbocycles. The Balaban J connectivity index is 1.75. The predicted octanol–water partition coefficient (Wildman–Crippen LogP) is 2.08. The van der Waals surface area contributed by atoms with Crippen molar-refractivity contribution in [3.8, 4) is 0 Å². The Bertz CT molecular complexity index is 448. The van der Waals surface area contributed by atoms with Crippen LogP contribution in [0, 0.1) is 5.41 Å². The van der Waals surface area contributed by atoms with Crippen molar-refractivity contribution >= 4 is 11.5 Å². The number of ketones is 1. The van der Waals surface area contributed by atoms with Gasteiger partial charge in [-0.05, 0) is 44.0 Å². The maximum absolute atomic E-state index is 11.3. The van der Waals surface area contributed by atoms with Gasteiger partial charge in [-0.3, -0.25) is 4.79 Å². The number of carbonyl (C=O) groups is 1. The zero-order valence-corrected chi connectivity index (χ0v) is 10.9. The number of hydrogen-bond acceptors (Lipinski definition) is 3. The third-order valence-corrected chi connectivity index (χ3v) is 4.30. The number of hydrogen-bond donors (Lipinski definition) is 1. The molecule has 2 fully saturated rings. The SMILES string of the molecule is CC(=O)c1ccc(N2CCCC3(CNC3)C2)cc1. The Morgan fingerprint density at radius 1 is 1.28 bits per heavy atom. The molecule has 0 amide bonds. The molecule has 1 aromatic carbocycles. The average molecular weight is 244 g/mol. The minimum atomic E-state index is 0.139. The lowest BCUT2D eigenvalue weighted by molar-refractivity contribution is 0.101. The normalized spacial score (nSPS) is 21.7. The topological polar surface area (TPSA) is 32.3 Å². The first-order chi connectivity index (χ1) is 8.69. The number of anilines is 1. The van der Waals surface area contributed by atoms with Crippen LogP contribution in [0.4, 0.5) is 5.69 Å². The van der Waals surface area contributed by atoms with Gasteiger partial charge in [0.2, 0.25) is 0 Å². The summed E-state index contributed by atoms with van der Waals surface area (Å²) in [4.78, 5) is 13.7. The largest absolute Gasteiger partial charge is 0.371 e. The lowest BCUT2D eigenvalue weighted by atomic mass is 9.75. The summed E-state index contributed by atoms with van der Waals surface area (Å²) in [6, 6.07) is 8.06. The van der Waals surface area contributed by atoms with Gasteiger partial charge in [-0.1, -0.05) is 0 Å². The van der Waals surface area contributed by atoms with Crippen molar-refractivity contribution in [2.75, 3.05) is 31.1 Å². The quantitative estimate of drug-likeness (QED) is 0.808. The molecular weight excluding hydrogens is 224 g/mol. The third kappa shape index (κ3) is 2.03. The Kier molecular flexibility index (Phi) is 2.86. The van der Waals surface area contributed by atoms with Crippen LogP contribution in [0.3, 0.4) is 0 Å². The monoisotopic (exact) mass is 244 g/mol. The van der Waals surface area contributed by atoms with Crippen molar-refractivity contribution in [2.45, 2.75) is 19.8 Å². The van der Waals surface area contributed by atoms with E-state index in [0.717, 1.165) is 31.7 Å². The number of Topliss-reactive ketones (excluding diaryl/α,β-unsaturated/α-hetero) is 1. The van der Waals surface area contributed by atoms with Gasteiger partial charge < -0.3 is 10.2 Å². The second kappa shape index (κ2) is 4.39. The molecule has 18 heavy (non-hydrogen) atoms. The molecule has 96 valence electrons. The maximum Gasteiger partial charge on any atom is 0.159 e. The zero-order chi connectivity index (χ0) is 12.6. The molecule has 2 heterocycles. The molecular formula is C15H20N2O. The van der Waals surface area contributed by atoms with Crippen molar-refractivity contribution in [3.05, 3.63) is 29.8 Å². The number of nitrogens with one attached hydrogen (secondary N) is 1. The van der Waals surface area contributed by atoms with Crippen molar-refractivity contribution in [2.24, 2.45) is 5.41 Å². The first-order valence-electron chi connectivity index (χ1n) is 6.75. The molecule has 0 bridgehead atoms. The van der Waals surface area contributed by atoms with Gasteiger partial charge in [0.25, 0.3) is 0 Å². The fraction of sp³-hybridized carbons (Fsp3) is 0.533. The number of nitrogens with zero attached hydrogens (tertiary/aromatic N) is 1. The molecule has 1 N–H and O–H groups in total. The summed E-state index contributed by atoms with van der Waals surface area (Å²) < 4.78 is 0. The molecule has 1 spiro atoms. The van der Waals surface area contributed by atoms with Crippen LogP contribution in [0.15, 0.2) is 24.3 Å². The molecule has 0 radical (unpaired) electrons. The van der Waals surface area contributed by atoms with E-state index in [9.17, 15) is 4.79 Å². The van der Waals surface area contributed by atoms with Crippen LogP contribution in [-0.4, -0.2) is 32.0 Å². The van der Waals surface area contributed by atoms with Crippen LogP contribution in [-0.2, 0) is 0 Å². The van der Waals surface area contributed by atoms with Crippen LogP contribution in [0.2, 0.25) is 0 Å².